The Labute approximate surface area is 103 Å². The van der Waals surface area contributed by atoms with E-state index in [0.717, 1.165) is 6.42 Å². The average molecular weight is 235 g/mol. The molecule has 94 valence electrons. The second-order valence-electron chi connectivity index (χ2n) is 3.80. The van der Waals surface area contributed by atoms with Gasteiger partial charge in [-0.25, -0.2) is 0 Å². The quantitative estimate of drug-likeness (QED) is 0.482. The summed E-state index contributed by atoms with van der Waals surface area (Å²) in [5.41, 5.74) is 0.671. The molecule has 1 N–H and O–H groups in total. The molecule has 1 aromatic rings. The summed E-state index contributed by atoms with van der Waals surface area (Å²) >= 11 is 0. The number of nitrogens with one attached hydrogen (secondary N) is 1. The Morgan fingerprint density at radius 2 is 2.06 bits per heavy atom. The molecule has 3 nitrogen and oxygen atoms in total. The number of hydrogen-bond donors (Lipinski definition) is 1. The van der Waals surface area contributed by atoms with Crippen molar-refractivity contribution in [1.29, 1.82) is 0 Å². The monoisotopic (exact) mass is 235 g/mol. The largest absolute Gasteiger partial charge is 0.359 e. The molecule has 0 radical (unpaired) electrons. The van der Waals surface area contributed by atoms with Gasteiger partial charge in [-0.05, 0) is 31.6 Å². The summed E-state index contributed by atoms with van der Waals surface area (Å²) < 4.78 is 0. The Morgan fingerprint density at radius 3 is 2.41 bits per heavy atom. The SMILES string of the molecule is CC(=O)c1ccc[nH]1.CCCC/C=C/C(C)=O. The molecule has 0 amide bonds. The van der Waals surface area contributed by atoms with Crippen molar-refractivity contribution < 1.29 is 9.59 Å². The van der Waals surface area contributed by atoms with E-state index in [9.17, 15) is 9.59 Å². The first-order valence-corrected chi connectivity index (χ1v) is 5.89. The van der Waals surface area contributed by atoms with Crippen LogP contribution >= 0.6 is 0 Å². The first-order chi connectivity index (χ1) is 8.07. The maximum absolute atomic E-state index is 10.5. The maximum atomic E-state index is 10.5. The van der Waals surface area contributed by atoms with E-state index in [1.807, 2.05) is 6.08 Å². The van der Waals surface area contributed by atoms with Crippen LogP contribution in [-0.2, 0) is 4.79 Å². The number of unbranched alkanes of at least 4 members (excludes halogenated alkanes) is 2. The molecular formula is C14H21NO2. The molecule has 1 heterocycles. The summed E-state index contributed by atoms with van der Waals surface area (Å²) in [6.07, 6.45) is 8.72. The van der Waals surface area contributed by atoms with E-state index in [2.05, 4.69) is 11.9 Å². The summed E-state index contributed by atoms with van der Waals surface area (Å²) in [6.45, 7) is 5.25. The van der Waals surface area contributed by atoms with Crippen molar-refractivity contribution in [3.63, 3.8) is 0 Å². The summed E-state index contributed by atoms with van der Waals surface area (Å²) in [5, 5.41) is 0. The van der Waals surface area contributed by atoms with Crippen LogP contribution in [0.3, 0.4) is 0 Å². The zero-order valence-electron chi connectivity index (χ0n) is 10.8. The van der Waals surface area contributed by atoms with E-state index in [1.165, 1.54) is 19.8 Å². The van der Waals surface area contributed by atoms with Gasteiger partial charge in [0, 0.05) is 13.1 Å². The van der Waals surface area contributed by atoms with Crippen LogP contribution in [-0.4, -0.2) is 16.6 Å². The van der Waals surface area contributed by atoms with Crippen molar-refractivity contribution in [2.24, 2.45) is 0 Å². The lowest BCUT2D eigenvalue weighted by atomic mass is 10.2. The third kappa shape index (κ3) is 9.30. The van der Waals surface area contributed by atoms with Gasteiger partial charge in [0.15, 0.2) is 11.6 Å². The highest BCUT2D eigenvalue weighted by Gasteiger charge is 1.94. The van der Waals surface area contributed by atoms with Gasteiger partial charge in [0.1, 0.15) is 0 Å². The van der Waals surface area contributed by atoms with E-state index in [4.69, 9.17) is 0 Å². The fourth-order valence-electron chi connectivity index (χ4n) is 1.12. The number of ketones is 2. The van der Waals surface area contributed by atoms with Crippen LogP contribution < -0.4 is 0 Å². The van der Waals surface area contributed by atoms with Gasteiger partial charge < -0.3 is 4.98 Å². The minimum Gasteiger partial charge on any atom is -0.359 e. The number of allylic oxidation sites excluding steroid dienone is 2. The Bertz CT molecular complexity index is 350. The molecule has 0 saturated carbocycles. The molecule has 0 aromatic carbocycles. The van der Waals surface area contributed by atoms with Gasteiger partial charge in [-0.2, -0.15) is 0 Å². The van der Waals surface area contributed by atoms with Gasteiger partial charge in [-0.15, -0.1) is 0 Å². The fraction of sp³-hybridized carbons (Fsp3) is 0.429. The summed E-state index contributed by atoms with van der Waals surface area (Å²) in [7, 11) is 0. The molecule has 0 unspecified atom stereocenters. The molecule has 0 bridgehead atoms. The third-order valence-electron chi connectivity index (χ3n) is 2.05. The summed E-state index contributed by atoms with van der Waals surface area (Å²) in [5.74, 6) is 0.223. The Balaban J connectivity index is 0.000000302. The predicted molar refractivity (Wildman–Crippen MR) is 70.1 cm³/mol. The van der Waals surface area contributed by atoms with Gasteiger partial charge in [0.25, 0.3) is 0 Å². The minimum absolute atomic E-state index is 0.0787. The van der Waals surface area contributed by atoms with Crippen LogP contribution in [0.25, 0.3) is 0 Å². The number of aromatic amines is 1. The highest BCUT2D eigenvalue weighted by atomic mass is 16.1. The second kappa shape index (κ2) is 9.58. The molecule has 0 aliphatic carbocycles. The molecule has 1 rings (SSSR count). The van der Waals surface area contributed by atoms with Crippen molar-refractivity contribution >= 4 is 11.6 Å². The fourth-order valence-corrected chi connectivity index (χ4v) is 1.12. The van der Waals surface area contributed by atoms with Crippen molar-refractivity contribution in [1.82, 2.24) is 4.98 Å². The first-order valence-electron chi connectivity index (χ1n) is 5.89. The average Bonchev–Trinajstić information content (AvgIpc) is 2.78. The van der Waals surface area contributed by atoms with E-state index in [1.54, 1.807) is 31.3 Å². The number of carbonyl (C=O) groups is 2. The minimum atomic E-state index is 0.0787. The van der Waals surface area contributed by atoms with E-state index in [-0.39, 0.29) is 11.6 Å². The topological polar surface area (TPSA) is 49.9 Å². The van der Waals surface area contributed by atoms with Gasteiger partial charge >= 0.3 is 0 Å². The van der Waals surface area contributed by atoms with Gasteiger partial charge in [-0.3, -0.25) is 9.59 Å². The van der Waals surface area contributed by atoms with E-state index >= 15 is 0 Å². The second-order valence-corrected chi connectivity index (χ2v) is 3.80. The van der Waals surface area contributed by atoms with Crippen LogP contribution in [0.4, 0.5) is 0 Å². The lowest BCUT2D eigenvalue weighted by molar-refractivity contribution is -0.112. The van der Waals surface area contributed by atoms with Crippen LogP contribution in [0.5, 0.6) is 0 Å². The zero-order chi connectivity index (χ0) is 13.1. The number of rotatable bonds is 5. The van der Waals surface area contributed by atoms with Crippen molar-refractivity contribution in [3.8, 4) is 0 Å². The number of H-pyrrole nitrogens is 1. The van der Waals surface area contributed by atoms with E-state index in [0.29, 0.717) is 5.69 Å². The molecule has 0 aliphatic heterocycles. The maximum Gasteiger partial charge on any atom is 0.175 e. The molecule has 0 saturated heterocycles. The highest BCUT2D eigenvalue weighted by Crippen LogP contribution is 1.94. The van der Waals surface area contributed by atoms with Gasteiger partial charge in [0.2, 0.25) is 0 Å². The van der Waals surface area contributed by atoms with Gasteiger partial charge in [0.05, 0.1) is 5.69 Å². The van der Waals surface area contributed by atoms with Crippen LogP contribution in [0.15, 0.2) is 30.5 Å². The molecule has 3 heteroatoms. The summed E-state index contributed by atoms with van der Waals surface area (Å²) in [6, 6.07) is 3.55. The highest BCUT2D eigenvalue weighted by molar-refractivity contribution is 5.92. The van der Waals surface area contributed by atoms with Crippen LogP contribution in [0, 0.1) is 0 Å². The molecule has 0 fully saturated rings. The molecule has 1 aromatic heterocycles. The Hall–Kier alpha value is -1.64. The van der Waals surface area contributed by atoms with Crippen LogP contribution in [0.2, 0.25) is 0 Å². The zero-order valence-corrected chi connectivity index (χ0v) is 10.8. The normalized spacial score (nSPS) is 9.82. The van der Waals surface area contributed by atoms with Gasteiger partial charge in [-0.1, -0.05) is 25.8 Å². The molecule has 17 heavy (non-hydrogen) atoms. The Morgan fingerprint density at radius 1 is 1.35 bits per heavy atom. The van der Waals surface area contributed by atoms with Crippen molar-refractivity contribution in [2.75, 3.05) is 0 Å². The molecule has 0 atom stereocenters. The van der Waals surface area contributed by atoms with Crippen molar-refractivity contribution in [2.45, 2.75) is 40.0 Å². The lowest BCUT2D eigenvalue weighted by Crippen LogP contribution is -1.89. The third-order valence-corrected chi connectivity index (χ3v) is 2.05. The Kier molecular flexibility index (Phi) is 8.65. The first kappa shape index (κ1) is 15.4. The molecular weight excluding hydrogens is 214 g/mol. The number of hydrogen-bond acceptors (Lipinski definition) is 2. The van der Waals surface area contributed by atoms with Crippen LogP contribution in [0.1, 0.15) is 50.5 Å². The predicted octanol–water partition coefficient (Wildman–Crippen LogP) is 3.54. The molecule has 0 aliphatic rings. The smallest absolute Gasteiger partial charge is 0.175 e. The number of Topliss-reactive ketones (excluding diaryl/α,β-unsaturated/α-hetero) is 1. The molecule has 0 spiro atoms. The number of aromatic nitrogens is 1. The standard InChI is InChI=1S/C8H14O.C6H7NO/c1-3-4-5-6-7-8(2)9;1-5(8)6-3-2-4-7-6/h6-7H,3-5H2,1-2H3;2-4,7H,1H3/b7-6+;. The summed E-state index contributed by atoms with van der Waals surface area (Å²) in [4.78, 5) is 23.6. The number of carbonyl (C=O) groups excluding carboxylic acids is 2. The van der Waals surface area contributed by atoms with E-state index < -0.39 is 0 Å². The lowest BCUT2D eigenvalue weighted by Gasteiger charge is -1.85. The van der Waals surface area contributed by atoms with Crippen molar-refractivity contribution in [3.05, 3.63) is 36.2 Å².